The minimum Gasteiger partial charge on any atom is -0.465 e. The van der Waals surface area contributed by atoms with Crippen LogP contribution in [-0.4, -0.2) is 28.9 Å². The molecule has 0 aromatic carbocycles. The van der Waals surface area contributed by atoms with Gasteiger partial charge in [-0.05, 0) is 18.6 Å². The normalized spacial score (nSPS) is 9.93. The van der Waals surface area contributed by atoms with E-state index in [0.717, 1.165) is 4.88 Å². The van der Waals surface area contributed by atoms with E-state index < -0.39 is 6.09 Å². The molecule has 1 aromatic rings. The first kappa shape index (κ1) is 12.2. The first-order valence-electron chi connectivity index (χ1n) is 4.28. The molecule has 0 atom stereocenters. The van der Waals surface area contributed by atoms with Crippen molar-refractivity contribution < 1.29 is 14.7 Å². The summed E-state index contributed by atoms with van der Waals surface area (Å²) in [4.78, 5) is 23.2. The standard InChI is InChI=1S/C9H10BrNO3S/c10-5-7(12)8-2-1-6(15-8)3-4-11-9(13)14/h1-2,11H,3-5H2,(H,13,14). The van der Waals surface area contributed by atoms with Crippen LogP contribution in [0.1, 0.15) is 14.5 Å². The van der Waals surface area contributed by atoms with Crippen molar-refractivity contribution in [2.75, 3.05) is 11.9 Å². The molecule has 0 spiro atoms. The quantitative estimate of drug-likeness (QED) is 0.645. The van der Waals surface area contributed by atoms with Crippen molar-refractivity contribution >= 4 is 39.1 Å². The van der Waals surface area contributed by atoms with Crippen molar-refractivity contribution in [2.45, 2.75) is 6.42 Å². The Hall–Kier alpha value is -0.880. The summed E-state index contributed by atoms with van der Waals surface area (Å²) < 4.78 is 0. The number of carbonyl (C=O) groups is 2. The zero-order chi connectivity index (χ0) is 11.3. The van der Waals surface area contributed by atoms with Gasteiger partial charge in [-0.1, -0.05) is 15.9 Å². The highest BCUT2D eigenvalue weighted by Crippen LogP contribution is 2.17. The highest BCUT2D eigenvalue weighted by atomic mass is 79.9. The van der Waals surface area contributed by atoms with Crippen LogP contribution in [0.5, 0.6) is 0 Å². The number of Topliss-reactive ketones (excluding diaryl/α,β-unsaturated/α-hetero) is 1. The van der Waals surface area contributed by atoms with Crippen LogP contribution in [0.3, 0.4) is 0 Å². The van der Waals surface area contributed by atoms with Crippen LogP contribution < -0.4 is 5.32 Å². The third-order valence-electron chi connectivity index (χ3n) is 1.71. The van der Waals surface area contributed by atoms with Gasteiger partial charge in [-0.15, -0.1) is 11.3 Å². The van der Waals surface area contributed by atoms with Crippen molar-refractivity contribution in [3.05, 3.63) is 21.9 Å². The van der Waals surface area contributed by atoms with E-state index in [9.17, 15) is 9.59 Å². The summed E-state index contributed by atoms with van der Waals surface area (Å²) in [7, 11) is 0. The SMILES string of the molecule is O=C(O)NCCc1ccc(C(=O)CBr)s1. The molecule has 4 nitrogen and oxygen atoms in total. The summed E-state index contributed by atoms with van der Waals surface area (Å²) in [5.41, 5.74) is 0. The molecule has 0 bridgehead atoms. The predicted molar refractivity (Wildman–Crippen MR) is 62.2 cm³/mol. The third kappa shape index (κ3) is 4.01. The molecule has 0 radical (unpaired) electrons. The van der Waals surface area contributed by atoms with Gasteiger partial charge in [0.05, 0.1) is 10.2 Å². The molecule has 0 aliphatic heterocycles. The summed E-state index contributed by atoms with van der Waals surface area (Å²) in [5, 5.41) is 11.0. The van der Waals surface area contributed by atoms with Gasteiger partial charge in [0, 0.05) is 11.4 Å². The van der Waals surface area contributed by atoms with Crippen LogP contribution in [-0.2, 0) is 6.42 Å². The number of amides is 1. The number of thiophene rings is 1. The van der Waals surface area contributed by atoms with E-state index in [1.165, 1.54) is 11.3 Å². The molecule has 15 heavy (non-hydrogen) atoms. The Kier molecular flexibility index (Phi) is 4.77. The minimum atomic E-state index is -1.02. The summed E-state index contributed by atoms with van der Waals surface area (Å²) in [6, 6.07) is 3.62. The fourth-order valence-electron chi connectivity index (χ4n) is 1.02. The molecule has 2 N–H and O–H groups in total. The topological polar surface area (TPSA) is 66.4 Å². The van der Waals surface area contributed by atoms with Crippen molar-refractivity contribution in [1.29, 1.82) is 0 Å². The van der Waals surface area contributed by atoms with Crippen LogP contribution in [0, 0.1) is 0 Å². The molecule has 0 aliphatic rings. The Morgan fingerprint density at radius 2 is 2.20 bits per heavy atom. The number of alkyl halides is 1. The molecular weight excluding hydrogens is 282 g/mol. The van der Waals surface area contributed by atoms with Gasteiger partial charge in [0.2, 0.25) is 0 Å². The smallest absolute Gasteiger partial charge is 0.404 e. The largest absolute Gasteiger partial charge is 0.465 e. The lowest BCUT2D eigenvalue weighted by atomic mass is 10.3. The molecule has 0 unspecified atom stereocenters. The van der Waals surface area contributed by atoms with E-state index in [2.05, 4.69) is 21.2 Å². The Balaban J connectivity index is 2.46. The number of carbonyl (C=O) groups excluding carboxylic acids is 1. The summed E-state index contributed by atoms with van der Waals surface area (Å²) >= 11 is 4.50. The van der Waals surface area contributed by atoms with Gasteiger partial charge in [0.1, 0.15) is 0 Å². The van der Waals surface area contributed by atoms with Crippen molar-refractivity contribution in [1.82, 2.24) is 5.32 Å². The maximum atomic E-state index is 11.3. The first-order chi connectivity index (χ1) is 7.13. The van der Waals surface area contributed by atoms with Gasteiger partial charge in [-0.25, -0.2) is 4.79 Å². The highest BCUT2D eigenvalue weighted by Gasteiger charge is 2.07. The molecule has 1 amide bonds. The van der Waals surface area contributed by atoms with E-state index in [1.807, 2.05) is 6.07 Å². The maximum absolute atomic E-state index is 11.3. The first-order valence-corrected chi connectivity index (χ1v) is 6.22. The van der Waals surface area contributed by atoms with Crippen LogP contribution in [0.15, 0.2) is 12.1 Å². The lowest BCUT2D eigenvalue weighted by Crippen LogP contribution is -2.22. The second-order valence-electron chi connectivity index (χ2n) is 2.80. The number of carboxylic acid groups (broad SMARTS) is 1. The zero-order valence-corrected chi connectivity index (χ0v) is 10.2. The van der Waals surface area contributed by atoms with Crippen LogP contribution >= 0.6 is 27.3 Å². The Labute approximate surface area is 99.4 Å². The number of hydrogen-bond acceptors (Lipinski definition) is 3. The summed E-state index contributed by atoms with van der Waals surface area (Å²) in [6.07, 6.45) is -0.407. The number of hydrogen-bond donors (Lipinski definition) is 2. The van der Waals surface area contributed by atoms with E-state index in [0.29, 0.717) is 23.2 Å². The fraction of sp³-hybridized carbons (Fsp3) is 0.333. The molecule has 0 aliphatic carbocycles. The molecule has 0 saturated heterocycles. The minimum absolute atomic E-state index is 0.0532. The molecule has 0 fully saturated rings. The molecule has 1 heterocycles. The zero-order valence-electron chi connectivity index (χ0n) is 7.83. The van der Waals surface area contributed by atoms with Crippen LogP contribution in [0.2, 0.25) is 0 Å². The van der Waals surface area contributed by atoms with Crippen molar-refractivity contribution in [3.63, 3.8) is 0 Å². The van der Waals surface area contributed by atoms with E-state index >= 15 is 0 Å². The third-order valence-corrected chi connectivity index (χ3v) is 3.40. The molecule has 1 aromatic heterocycles. The van der Waals surface area contributed by atoms with Gasteiger partial charge < -0.3 is 10.4 Å². The number of rotatable bonds is 5. The lowest BCUT2D eigenvalue weighted by molar-refractivity contribution is 0.102. The van der Waals surface area contributed by atoms with Gasteiger partial charge in [-0.2, -0.15) is 0 Å². The highest BCUT2D eigenvalue weighted by molar-refractivity contribution is 9.09. The molecular formula is C9H10BrNO3S. The second-order valence-corrected chi connectivity index (χ2v) is 4.53. The predicted octanol–water partition coefficient (Wildman–Crippen LogP) is 2.14. The van der Waals surface area contributed by atoms with Crippen LogP contribution in [0.25, 0.3) is 0 Å². The average molecular weight is 292 g/mol. The van der Waals surface area contributed by atoms with Crippen molar-refractivity contribution in [3.8, 4) is 0 Å². The van der Waals surface area contributed by atoms with E-state index in [-0.39, 0.29) is 5.78 Å². The summed E-state index contributed by atoms with van der Waals surface area (Å²) in [5.74, 6) is 0.0532. The number of nitrogens with one attached hydrogen (secondary N) is 1. The Bertz CT molecular complexity index is 364. The van der Waals surface area contributed by atoms with Crippen molar-refractivity contribution in [2.24, 2.45) is 0 Å². The molecule has 0 saturated carbocycles. The van der Waals surface area contributed by atoms with E-state index in [1.54, 1.807) is 6.07 Å². The maximum Gasteiger partial charge on any atom is 0.404 e. The number of ketones is 1. The number of halogens is 1. The second kappa shape index (κ2) is 5.87. The fourth-order valence-corrected chi connectivity index (χ4v) is 2.45. The molecule has 82 valence electrons. The van der Waals surface area contributed by atoms with Gasteiger partial charge in [0.15, 0.2) is 5.78 Å². The molecule has 6 heteroatoms. The Morgan fingerprint density at radius 1 is 1.47 bits per heavy atom. The van der Waals surface area contributed by atoms with Crippen LogP contribution in [0.4, 0.5) is 4.79 Å². The van der Waals surface area contributed by atoms with Gasteiger partial charge >= 0.3 is 6.09 Å². The van der Waals surface area contributed by atoms with Gasteiger partial charge in [0.25, 0.3) is 0 Å². The van der Waals surface area contributed by atoms with Gasteiger partial charge in [-0.3, -0.25) is 4.79 Å². The Morgan fingerprint density at radius 3 is 2.80 bits per heavy atom. The molecule has 1 rings (SSSR count). The summed E-state index contributed by atoms with van der Waals surface area (Å²) in [6.45, 7) is 0.373. The monoisotopic (exact) mass is 291 g/mol. The lowest BCUT2D eigenvalue weighted by Gasteiger charge is -1.97. The average Bonchev–Trinajstić information content (AvgIpc) is 2.65. The van der Waals surface area contributed by atoms with E-state index in [4.69, 9.17) is 5.11 Å².